The van der Waals surface area contributed by atoms with E-state index < -0.39 is 28.4 Å². The molecule has 0 aliphatic rings. The van der Waals surface area contributed by atoms with Crippen molar-refractivity contribution < 1.29 is 23.3 Å². The second-order valence-electron chi connectivity index (χ2n) is 6.05. The van der Waals surface area contributed by atoms with Crippen molar-refractivity contribution in [1.29, 1.82) is 0 Å². The molecule has 10 heteroatoms. The molecule has 0 unspecified atom stereocenters. The maximum absolute atomic E-state index is 13.8. The normalized spacial score (nSPS) is 12.0. The first-order valence-electron chi connectivity index (χ1n) is 8.20. The number of carbonyl (C=O) groups is 1. The van der Waals surface area contributed by atoms with Crippen LogP contribution in [-0.2, 0) is 11.3 Å². The third-order valence-corrected chi connectivity index (χ3v) is 4.22. The zero-order chi connectivity index (χ0) is 20.4. The van der Waals surface area contributed by atoms with E-state index in [9.17, 15) is 24.1 Å². The van der Waals surface area contributed by atoms with Crippen LogP contribution in [0, 0.1) is 15.9 Å². The van der Waals surface area contributed by atoms with Crippen LogP contribution in [0.2, 0.25) is 0 Å². The number of aromatic nitrogens is 1. The van der Waals surface area contributed by atoms with Gasteiger partial charge in [0.1, 0.15) is 6.54 Å². The first-order valence-corrected chi connectivity index (χ1v) is 8.20. The minimum absolute atomic E-state index is 0.0114. The van der Waals surface area contributed by atoms with E-state index >= 15 is 0 Å². The molecule has 1 atom stereocenters. The molecule has 3 rings (SSSR count). The number of nitrogens with one attached hydrogen (secondary N) is 1. The van der Waals surface area contributed by atoms with Crippen molar-refractivity contribution in [2.45, 2.75) is 19.5 Å². The molecule has 0 saturated carbocycles. The Morgan fingerprint density at radius 3 is 2.75 bits per heavy atom. The SMILES string of the molecule is COc1ccc([C@@H](C)NC(=O)Cn2c(=O)oc3cc([N+](=O)[O-])ccc32)cc1F. The maximum Gasteiger partial charge on any atom is 0.420 e. The van der Waals surface area contributed by atoms with Gasteiger partial charge in [0.2, 0.25) is 5.91 Å². The fourth-order valence-electron chi connectivity index (χ4n) is 2.78. The summed E-state index contributed by atoms with van der Waals surface area (Å²) in [5, 5.41) is 13.5. The Kier molecular flexibility index (Phi) is 5.12. The monoisotopic (exact) mass is 389 g/mol. The van der Waals surface area contributed by atoms with Crippen LogP contribution in [0.5, 0.6) is 5.75 Å². The lowest BCUT2D eigenvalue weighted by atomic mass is 10.1. The van der Waals surface area contributed by atoms with E-state index in [1.54, 1.807) is 13.0 Å². The van der Waals surface area contributed by atoms with E-state index in [1.165, 1.54) is 31.4 Å². The first kappa shape index (κ1) is 19.1. The number of ether oxygens (including phenoxy) is 1. The average Bonchev–Trinajstić information content (AvgIpc) is 2.96. The van der Waals surface area contributed by atoms with Crippen LogP contribution in [-0.4, -0.2) is 22.5 Å². The van der Waals surface area contributed by atoms with Crippen molar-refractivity contribution in [2.75, 3.05) is 7.11 Å². The first-order chi connectivity index (χ1) is 13.3. The summed E-state index contributed by atoms with van der Waals surface area (Å²) < 4.78 is 24.7. The van der Waals surface area contributed by atoms with Crippen LogP contribution in [0.4, 0.5) is 10.1 Å². The molecule has 1 aromatic heterocycles. The largest absolute Gasteiger partial charge is 0.494 e. The number of nitro groups is 1. The molecular weight excluding hydrogens is 373 g/mol. The van der Waals surface area contributed by atoms with Gasteiger partial charge in [-0.2, -0.15) is 0 Å². The number of non-ortho nitro benzene ring substituents is 1. The van der Waals surface area contributed by atoms with Crippen LogP contribution in [0.3, 0.4) is 0 Å². The van der Waals surface area contributed by atoms with Gasteiger partial charge in [-0.3, -0.25) is 19.5 Å². The summed E-state index contributed by atoms with van der Waals surface area (Å²) in [4.78, 5) is 34.5. The number of fused-ring (bicyclic) bond motifs is 1. The predicted octanol–water partition coefficient (Wildman–Crippen LogP) is 2.53. The fraction of sp³-hybridized carbons (Fsp3) is 0.222. The summed E-state index contributed by atoms with van der Waals surface area (Å²) in [5.41, 5.74) is 0.561. The van der Waals surface area contributed by atoms with Gasteiger partial charge in [-0.05, 0) is 30.7 Å². The smallest absolute Gasteiger partial charge is 0.420 e. The van der Waals surface area contributed by atoms with Crippen molar-refractivity contribution in [3.05, 3.63) is 68.4 Å². The van der Waals surface area contributed by atoms with Gasteiger partial charge < -0.3 is 14.5 Å². The molecule has 2 aromatic carbocycles. The quantitative estimate of drug-likeness (QED) is 0.511. The topological polar surface area (TPSA) is 117 Å². The molecule has 0 bridgehead atoms. The Labute approximate surface area is 157 Å². The summed E-state index contributed by atoms with van der Waals surface area (Å²) in [6.45, 7) is 1.31. The molecule has 0 fully saturated rings. The summed E-state index contributed by atoms with van der Waals surface area (Å²) in [6, 6.07) is 7.47. The number of nitrogens with zero attached hydrogens (tertiary/aromatic N) is 2. The van der Waals surface area contributed by atoms with E-state index in [2.05, 4.69) is 5.32 Å². The van der Waals surface area contributed by atoms with Gasteiger partial charge in [0.15, 0.2) is 17.1 Å². The molecule has 9 nitrogen and oxygen atoms in total. The van der Waals surface area contributed by atoms with Gasteiger partial charge in [-0.25, -0.2) is 9.18 Å². The standard InChI is InChI=1S/C18H16FN3O6/c1-10(11-3-6-15(27-2)13(19)7-11)20-17(23)9-21-14-5-4-12(22(25)26)8-16(14)28-18(21)24/h3-8,10H,9H2,1-2H3,(H,20,23)/t10-/m1/s1. The molecule has 0 radical (unpaired) electrons. The van der Waals surface area contributed by atoms with E-state index in [0.717, 1.165) is 10.6 Å². The number of nitro benzene ring substituents is 1. The third kappa shape index (κ3) is 3.70. The molecule has 0 aliphatic carbocycles. The Balaban J connectivity index is 1.77. The van der Waals surface area contributed by atoms with Crippen molar-refractivity contribution in [3.8, 4) is 5.75 Å². The summed E-state index contributed by atoms with van der Waals surface area (Å²) in [6.07, 6.45) is 0. The van der Waals surface area contributed by atoms with Crippen molar-refractivity contribution in [3.63, 3.8) is 0 Å². The second-order valence-corrected chi connectivity index (χ2v) is 6.05. The average molecular weight is 389 g/mol. The van der Waals surface area contributed by atoms with Crippen LogP contribution < -0.4 is 15.8 Å². The van der Waals surface area contributed by atoms with Gasteiger partial charge in [-0.1, -0.05) is 6.07 Å². The van der Waals surface area contributed by atoms with Gasteiger partial charge in [0, 0.05) is 6.07 Å². The summed E-state index contributed by atoms with van der Waals surface area (Å²) in [7, 11) is 1.35. The van der Waals surface area contributed by atoms with E-state index in [4.69, 9.17) is 9.15 Å². The second kappa shape index (κ2) is 7.51. The molecule has 0 saturated heterocycles. The van der Waals surface area contributed by atoms with E-state index in [0.29, 0.717) is 5.56 Å². The Morgan fingerprint density at radius 1 is 1.36 bits per heavy atom. The van der Waals surface area contributed by atoms with Crippen LogP contribution >= 0.6 is 0 Å². The highest BCUT2D eigenvalue weighted by Gasteiger charge is 2.18. The van der Waals surface area contributed by atoms with Crippen molar-refractivity contribution >= 4 is 22.7 Å². The summed E-state index contributed by atoms with van der Waals surface area (Å²) in [5.74, 6) is -1.78. The lowest BCUT2D eigenvalue weighted by Gasteiger charge is -2.15. The third-order valence-electron chi connectivity index (χ3n) is 4.22. The zero-order valence-electron chi connectivity index (χ0n) is 15.0. The lowest BCUT2D eigenvalue weighted by molar-refractivity contribution is -0.384. The maximum atomic E-state index is 13.8. The van der Waals surface area contributed by atoms with E-state index in [1.807, 2.05) is 0 Å². The minimum Gasteiger partial charge on any atom is -0.494 e. The van der Waals surface area contributed by atoms with Gasteiger partial charge in [0.05, 0.1) is 29.7 Å². The number of halogens is 1. The highest BCUT2D eigenvalue weighted by molar-refractivity contribution is 5.80. The van der Waals surface area contributed by atoms with Gasteiger partial charge >= 0.3 is 5.76 Å². The van der Waals surface area contributed by atoms with E-state index in [-0.39, 0.29) is 29.1 Å². The van der Waals surface area contributed by atoms with Crippen LogP contribution in [0.15, 0.2) is 45.6 Å². The number of carbonyl (C=O) groups excluding carboxylic acids is 1. The zero-order valence-corrected chi connectivity index (χ0v) is 15.0. The highest BCUT2D eigenvalue weighted by atomic mass is 19.1. The minimum atomic E-state index is -0.811. The number of hydrogen-bond donors (Lipinski definition) is 1. The van der Waals surface area contributed by atoms with Crippen LogP contribution in [0.25, 0.3) is 11.1 Å². The Bertz CT molecular complexity index is 1120. The number of rotatable bonds is 6. The Hall–Kier alpha value is -3.69. The van der Waals surface area contributed by atoms with Crippen molar-refractivity contribution in [1.82, 2.24) is 9.88 Å². The molecular formula is C18H16FN3O6. The molecule has 1 N–H and O–H groups in total. The number of oxazole rings is 1. The van der Waals surface area contributed by atoms with Crippen LogP contribution in [0.1, 0.15) is 18.5 Å². The predicted molar refractivity (Wildman–Crippen MR) is 96.6 cm³/mol. The number of amides is 1. The molecule has 3 aromatic rings. The van der Waals surface area contributed by atoms with Gasteiger partial charge in [0.25, 0.3) is 5.69 Å². The number of methoxy groups -OCH3 is 1. The Morgan fingerprint density at radius 2 is 2.11 bits per heavy atom. The number of hydrogen-bond acceptors (Lipinski definition) is 6. The fourth-order valence-corrected chi connectivity index (χ4v) is 2.78. The molecule has 28 heavy (non-hydrogen) atoms. The lowest BCUT2D eigenvalue weighted by Crippen LogP contribution is -2.32. The number of benzene rings is 2. The molecule has 146 valence electrons. The molecule has 1 heterocycles. The molecule has 0 aliphatic heterocycles. The summed E-state index contributed by atoms with van der Waals surface area (Å²) >= 11 is 0. The van der Waals surface area contributed by atoms with Crippen molar-refractivity contribution in [2.24, 2.45) is 0 Å². The highest BCUT2D eigenvalue weighted by Crippen LogP contribution is 2.22. The molecule has 1 amide bonds. The molecule has 0 spiro atoms. The van der Waals surface area contributed by atoms with Gasteiger partial charge in [-0.15, -0.1) is 0 Å².